The number of H-pyrrole nitrogens is 1. The number of non-ortho nitro benzene ring substituents is 2. The quantitative estimate of drug-likeness (QED) is 0.161. The number of nitrogens with zero attached hydrogens (tertiary/aromatic N) is 5. The van der Waals surface area contributed by atoms with Crippen LogP contribution in [-0.2, 0) is 11.5 Å². The minimum Gasteiger partial charge on any atom is -0.360 e. The van der Waals surface area contributed by atoms with Gasteiger partial charge >= 0.3 is 0 Å². The van der Waals surface area contributed by atoms with Crippen molar-refractivity contribution in [2.45, 2.75) is 46.3 Å². The van der Waals surface area contributed by atoms with Gasteiger partial charge in [0.15, 0.2) is 0 Å². The fourth-order valence-electron chi connectivity index (χ4n) is 3.32. The first-order valence-electron chi connectivity index (χ1n) is 10.7. The van der Waals surface area contributed by atoms with E-state index in [1.807, 2.05) is 13.8 Å². The molecule has 0 atom stereocenters. The van der Waals surface area contributed by atoms with Gasteiger partial charge in [-0.05, 0) is 32.0 Å². The molecule has 11 nitrogen and oxygen atoms in total. The summed E-state index contributed by atoms with van der Waals surface area (Å²) in [7, 11) is -1.11. The third-order valence-corrected chi connectivity index (χ3v) is 6.99. The van der Waals surface area contributed by atoms with Gasteiger partial charge < -0.3 is 4.74 Å². The zero-order valence-electron chi connectivity index (χ0n) is 19.9. The van der Waals surface area contributed by atoms with Crippen LogP contribution < -0.4 is 0 Å². The van der Waals surface area contributed by atoms with Crippen LogP contribution in [0.15, 0.2) is 36.4 Å². The lowest BCUT2D eigenvalue weighted by molar-refractivity contribution is -0.384. The molecule has 0 aliphatic rings. The molecule has 0 aliphatic heterocycles. The first-order chi connectivity index (χ1) is 16.0. The number of aryl methyl sites for hydroxylation is 2. The Balaban J connectivity index is 0.000000212. The number of nitro groups is 2. The van der Waals surface area contributed by atoms with E-state index in [1.165, 1.54) is 18.2 Å². The molecule has 1 N–H and O–H groups in total. The van der Waals surface area contributed by atoms with Crippen molar-refractivity contribution in [1.29, 1.82) is 0 Å². The summed E-state index contributed by atoms with van der Waals surface area (Å²) in [6.07, 6.45) is 0. The van der Waals surface area contributed by atoms with E-state index in [2.05, 4.69) is 34.9 Å². The smallest absolute Gasteiger partial charge is 0.271 e. The molecule has 2 heterocycles. The first kappa shape index (κ1) is 25.0. The molecule has 2 aromatic heterocycles. The second-order valence-corrected chi connectivity index (χ2v) is 14.8. The van der Waals surface area contributed by atoms with Gasteiger partial charge in [0.05, 0.1) is 26.6 Å². The number of hydrogen-bond donors (Lipinski definition) is 1. The highest BCUT2D eigenvalue weighted by atomic mass is 28.3. The van der Waals surface area contributed by atoms with Crippen LogP contribution in [0.25, 0.3) is 21.8 Å². The first-order valence-corrected chi connectivity index (χ1v) is 14.5. The lowest BCUT2D eigenvalue weighted by atomic mass is 10.2. The summed E-state index contributed by atoms with van der Waals surface area (Å²) in [4.78, 5) is 20.5. The van der Waals surface area contributed by atoms with Gasteiger partial charge in [-0.1, -0.05) is 19.6 Å². The van der Waals surface area contributed by atoms with E-state index in [0.29, 0.717) is 18.9 Å². The van der Waals surface area contributed by atoms with Gasteiger partial charge in [-0.25, -0.2) is 4.68 Å². The fourth-order valence-corrected chi connectivity index (χ4v) is 4.07. The maximum atomic E-state index is 10.9. The second kappa shape index (κ2) is 10.1. The number of benzene rings is 2. The molecule has 0 unspecified atom stereocenters. The Bertz CT molecular complexity index is 1340. The third kappa shape index (κ3) is 6.02. The number of nitrogens with one attached hydrogen (secondary N) is 1. The van der Waals surface area contributed by atoms with Crippen LogP contribution in [0.1, 0.15) is 11.4 Å². The van der Waals surface area contributed by atoms with Crippen LogP contribution in [0, 0.1) is 34.1 Å². The fraction of sp³-hybridized carbons (Fsp3) is 0.364. The molecule has 0 aliphatic carbocycles. The largest absolute Gasteiger partial charge is 0.360 e. The molecule has 34 heavy (non-hydrogen) atoms. The summed E-state index contributed by atoms with van der Waals surface area (Å²) < 4.78 is 7.38. The van der Waals surface area contributed by atoms with Gasteiger partial charge in [-0.3, -0.25) is 25.3 Å². The van der Waals surface area contributed by atoms with E-state index < -0.39 is 17.9 Å². The molecule has 2 aromatic carbocycles. The lowest BCUT2D eigenvalue weighted by Crippen LogP contribution is -2.22. The van der Waals surface area contributed by atoms with Crippen molar-refractivity contribution in [3.05, 3.63) is 68.0 Å². The summed E-state index contributed by atoms with van der Waals surface area (Å²) >= 11 is 0. The topological polar surface area (TPSA) is 142 Å². The number of hydrogen-bond acceptors (Lipinski definition) is 7. The van der Waals surface area contributed by atoms with Crippen molar-refractivity contribution < 1.29 is 14.6 Å². The number of fused-ring (bicyclic) bond motifs is 2. The average Bonchev–Trinajstić information content (AvgIpc) is 3.30. The van der Waals surface area contributed by atoms with Gasteiger partial charge in [0.1, 0.15) is 6.73 Å². The molecule has 0 saturated carbocycles. The Labute approximate surface area is 197 Å². The highest BCUT2D eigenvalue weighted by molar-refractivity contribution is 6.76. The number of aromatic amines is 1. The van der Waals surface area contributed by atoms with Crippen LogP contribution in [0.4, 0.5) is 11.4 Å². The predicted molar refractivity (Wildman–Crippen MR) is 133 cm³/mol. The summed E-state index contributed by atoms with van der Waals surface area (Å²) in [5.41, 5.74) is 3.30. The zero-order valence-corrected chi connectivity index (χ0v) is 20.9. The maximum absolute atomic E-state index is 10.9. The molecule has 180 valence electrons. The van der Waals surface area contributed by atoms with E-state index in [4.69, 9.17) is 4.74 Å². The summed E-state index contributed by atoms with van der Waals surface area (Å²) in [5, 5.41) is 34.3. The van der Waals surface area contributed by atoms with E-state index in [-0.39, 0.29) is 11.4 Å². The van der Waals surface area contributed by atoms with Crippen molar-refractivity contribution in [3.63, 3.8) is 0 Å². The molecule has 12 heteroatoms. The Hall–Kier alpha value is -3.64. The third-order valence-electron chi connectivity index (χ3n) is 5.28. The van der Waals surface area contributed by atoms with Crippen molar-refractivity contribution in [1.82, 2.24) is 20.0 Å². The minimum absolute atomic E-state index is 0.0685. The van der Waals surface area contributed by atoms with Crippen molar-refractivity contribution in [2.24, 2.45) is 0 Å². The summed E-state index contributed by atoms with van der Waals surface area (Å²) in [5.74, 6) is 0. The number of aromatic nitrogens is 4. The zero-order chi connectivity index (χ0) is 25.0. The molecule has 4 rings (SSSR count). The normalized spacial score (nSPS) is 11.4. The molecular weight excluding hydrogens is 456 g/mol. The van der Waals surface area contributed by atoms with E-state index in [9.17, 15) is 20.2 Å². The molecule has 0 amide bonds. The van der Waals surface area contributed by atoms with Crippen molar-refractivity contribution >= 4 is 41.3 Å². The van der Waals surface area contributed by atoms with Crippen LogP contribution in [0.3, 0.4) is 0 Å². The molecular formula is C22H28N6O5Si. The molecule has 0 saturated heterocycles. The van der Waals surface area contributed by atoms with Gasteiger partial charge in [-0.2, -0.15) is 10.2 Å². The number of nitro benzene ring substituents is 2. The highest BCUT2D eigenvalue weighted by Gasteiger charge is 2.15. The van der Waals surface area contributed by atoms with Gasteiger partial charge in [-0.15, -0.1) is 0 Å². The number of ether oxygens (including phenoxy) is 1. The maximum Gasteiger partial charge on any atom is 0.271 e. The summed E-state index contributed by atoms with van der Waals surface area (Å²) in [6.45, 7) is 11.7. The average molecular weight is 485 g/mol. The van der Waals surface area contributed by atoms with E-state index in [0.717, 1.165) is 33.7 Å². The molecule has 0 radical (unpaired) electrons. The van der Waals surface area contributed by atoms with E-state index >= 15 is 0 Å². The highest BCUT2D eigenvalue weighted by Crippen LogP contribution is 2.24. The summed E-state index contributed by atoms with van der Waals surface area (Å²) in [6, 6.07) is 10.5. The number of rotatable bonds is 7. The van der Waals surface area contributed by atoms with Crippen molar-refractivity contribution in [2.75, 3.05) is 6.61 Å². The predicted octanol–water partition coefficient (Wildman–Crippen LogP) is 5.34. The Kier molecular flexibility index (Phi) is 7.42. The standard InChI is InChI=1S/C14H21N3O3Si.C8H7N3O2/c1-11-13-6-5-12(17(18)19)9-14(13)16(15-11)10-20-7-8-21(2,3)4;1-5-7-3-2-6(11(12)13)4-8(7)10-9-5/h5-6,9H,7-8,10H2,1-4H3;2-4H,1H3,(H,9,10). The van der Waals surface area contributed by atoms with Crippen LogP contribution >= 0.6 is 0 Å². The monoisotopic (exact) mass is 484 g/mol. The van der Waals surface area contributed by atoms with Gasteiger partial charge in [0.25, 0.3) is 11.4 Å². The SMILES string of the molecule is Cc1[nH]nc2cc([N+](=O)[O-])ccc12.Cc1nn(COCC[Si](C)(C)C)c2cc([N+](=O)[O-])ccc12. The lowest BCUT2D eigenvalue weighted by Gasteiger charge is -2.15. The van der Waals surface area contributed by atoms with Gasteiger partial charge in [0, 0.05) is 55.4 Å². The Morgan fingerprint density at radius 3 is 2.24 bits per heavy atom. The van der Waals surface area contributed by atoms with Crippen LogP contribution in [-0.4, -0.2) is 44.5 Å². The van der Waals surface area contributed by atoms with E-state index in [1.54, 1.807) is 22.9 Å². The molecule has 0 bridgehead atoms. The molecule has 0 spiro atoms. The van der Waals surface area contributed by atoms with Crippen LogP contribution in [0.5, 0.6) is 0 Å². The minimum atomic E-state index is -1.11. The second-order valence-electron chi connectivity index (χ2n) is 9.20. The molecule has 4 aromatic rings. The van der Waals surface area contributed by atoms with Crippen LogP contribution in [0.2, 0.25) is 25.7 Å². The van der Waals surface area contributed by atoms with Crippen molar-refractivity contribution in [3.8, 4) is 0 Å². The van der Waals surface area contributed by atoms with Gasteiger partial charge in [0.2, 0.25) is 0 Å². The Morgan fingerprint density at radius 1 is 1.00 bits per heavy atom. The Morgan fingerprint density at radius 2 is 1.62 bits per heavy atom. The molecule has 0 fully saturated rings.